The van der Waals surface area contributed by atoms with Crippen LogP contribution in [0.15, 0.2) is 109 Å². The number of carbonyl (C=O) groups excluding carboxylic acids is 5. The molecule has 14 heteroatoms. The van der Waals surface area contributed by atoms with Crippen molar-refractivity contribution in [2.45, 2.75) is 95.5 Å². The van der Waals surface area contributed by atoms with E-state index in [-0.39, 0.29) is 42.0 Å². The molecule has 1 aliphatic carbocycles. The Balaban J connectivity index is 0.842. The maximum atomic E-state index is 13.4. The van der Waals surface area contributed by atoms with E-state index < -0.39 is 29.7 Å². The summed E-state index contributed by atoms with van der Waals surface area (Å²) in [6, 6.07) is 32.7. The Morgan fingerprint density at radius 2 is 1.51 bits per heavy atom. The maximum absolute atomic E-state index is 13.4. The lowest BCUT2D eigenvalue weighted by Crippen LogP contribution is -2.54. The summed E-state index contributed by atoms with van der Waals surface area (Å²) in [6.45, 7) is 1.38. The van der Waals surface area contributed by atoms with Crippen LogP contribution in [0, 0.1) is 5.41 Å². The Morgan fingerprint density at radius 3 is 2.26 bits per heavy atom. The summed E-state index contributed by atoms with van der Waals surface area (Å²) in [6.07, 6.45) is 7.16. The number of aromatic nitrogens is 3. The number of anilines is 1. The lowest BCUT2D eigenvalue weighted by Gasteiger charge is -2.27. The standard InChI is InChI=1S/C51H52N8O6/c52-47-45-43(34-14-4-1-5-15-34)46(35-16-6-2-7-17-35)57(48(45)55-31-58(47)36-21-23-37(60)24-22-36)30-33-13-10-12-32(28-33)29-54-41(61)20-8-3-9-27-53-39-19-11-18-38-44(39)51(65)59(50(38)64)40-25-26-42(62)56-49(40)63/h1-2,4-7,10-19,28,31,36-37,40,52-53,60H,3,8-9,20-27,29-30H2,(H,54,61)(H,56,62,63). The molecule has 0 spiro atoms. The summed E-state index contributed by atoms with van der Waals surface area (Å²) in [5.74, 6) is -2.21. The minimum Gasteiger partial charge on any atom is -0.393 e. The fourth-order valence-corrected chi connectivity index (χ4v) is 9.60. The van der Waals surface area contributed by atoms with Crippen molar-refractivity contribution in [1.29, 1.82) is 5.41 Å². The van der Waals surface area contributed by atoms with Gasteiger partial charge < -0.3 is 24.9 Å². The number of rotatable bonds is 15. The highest BCUT2D eigenvalue weighted by atomic mass is 16.3. The molecule has 1 saturated carbocycles. The summed E-state index contributed by atoms with van der Waals surface area (Å²) < 4.78 is 4.20. The van der Waals surface area contributed by atoms with Crippen molar-refractivity contribution in [1.82, 2.24) is 29.7 Å². The van der Waals surface area contributed by atoms with E-state index in [9.17, 15) is 34.5 Å². The first-order valence-electron chi connectivity index (χ1n) is 22.6. The lowest BCUT2D eigenvalue weighted by atomic mass is 9.93. The smallest absolute Gasteiger partial charge is 0.264 e. The first kappa shape index (κ1) is 43.1. The molecular formula is C51H52N8O6. The second-order valence-electron chi connectivity index (χ2n) is 17.2. The Labute approximate surface area is 376 Å². The SMILES string of the molecule is N=c1c2c(-c3ccccc3)c(-c3ccccc3)n(Cc3cccc(CNC(=O)CCCCCNc4cccc5c4C(=O)N(C4CCC(=O)NC4=O)C5=O)c3)c2ncn1C1CCC(O)CC1. The third-order valence-electron chi connectivity index (χ3n) is 12.9. The van der Waals surface area contributed by atoms with Gasteiger partial charge in [0.1, 0.15) is 17.2 Å². The fraction of sp³-hybridized carbons (Fsp3) is 0.314. The third kappa shape index (κ3) is 8.86. The third-order valence-corrected chi connectivity index (χ3v) is 12.9. The first-order valence-corrected chi connectivity index (χ1v) is 22.6. The van der Waals surface area contributed by atoms with Gasteiger partial charge in [-0.15, -0.1) is 0 Å². The number of nitrogens with zero attached hydrogens (tertiary/aromatic N) is 4. The molecule has 0 radical (unpaired) electrons. The molecule has 9 rings (SSSR count). The number of imide groups is 2. The molecular weight excluding hydrogens is 821 g/mol. The van der Waals surface area contributed by atoms with Crippen molar-refractivity contribution in [2.24, 2.45) is 0 Å². The summed E-state index contributed by atoms with van der Waals surface area (Å²) >= 11 is 0. The van der Waals surface area contributed by atoms with Crippen molar-refractivity contribution in [3.05, 3.63) is 137 Å². The average Bonchev–Trinajstić information content (AvgIpc) is 3.78. The lowest BCUT2D eigenvalue weighted by molar-refractivity contribution is -0.136. The second kappa shape index (κ2) is 18.9. The van der Waals surface area contributed by atoms with E-state index in [2.05, 4.69) is 56.9 Å². The number of piperidine rings is 1. The number of benzene rings is 4. The second-order valence-corrected chi connectivity index (χ2v) is 17.2. The molecule has 5 N–H and O–H groups in total. The van der Waals surface area contributed by atoms with Crippen molar-refractivity contribution in [2.75, 3.05) is 11.9 Å². The number of hydrogen-bond donors (Lipinski definition) is 5. The number of unbranched alkanes of at least 4 members (excludes halogenated alkanes) is 2. The Kier molecular flexibility index (Phi) is 12.5. The molecule has 65 heavy (non-hydrogen) atoms. The minimum absolute atomic E-state index is 0.0508. The minimum atomic E-state index is -1.02. The van der Waals surface area contributed by atoms with Crippen molar-refractivity contribution < 1.29 is 29.1 Å². The molecule has 1 saturated heterocycles. The van der Waals surface area contributed by atoms with E-state index in [0.29, 0.717) is 56.5 Å². The molecule has 1 atom stereocenters. The van der Waals surface area contributed by atoms with Crippen LogP contribution in [0.25, 0.3) is 33.4 Å². The average molecular weight is 873 g/mol. The number of carbonyl (C=O) groups is 5. The van der Waals surface area contributed by atoms with E-state index in [1.807, 2.05) is 53.1 Å². The quantitative estimate of drug-likeness (QED) is 0.0546. The topological polar surface area (TPSA) is 192 Å². The van der Waals surface area contributed by atoms with Gasteiger partial charge in [-0.3, -0.25) is 39.6 Å². The number of nitrogens with one attached hydrogen (secondary N) is 4. The molecule has 3 aliphatic rings. The molecule has 2 fully saturated rings. The molecule has 1 unspecified atom stereocenters. The monoisotopic (exact) mass is 872 g/mol. The van der Waals surface area contributed by atoms with Crippen LogP contribution >= 0.6 is 0 Å². The van der Waals surface area contributed by atoms with E-state index in [4.69, 9.17) is 4.98 Å². The van der Waals surface area contributed by atoms with Gasteiger partial charge in [0.2, 0.25) is 17.7 Å². The predicted octanol–water partition coefficient (Wildman–Crippen LogP) is 6.87. The molecule has 2 aliphatic heterocycles. The zero-order valence-electron chi connectivity index (χ0n) is 36.1. The number of fused-ring (bicyclic) bond motifs is 2. The van der Waals surface area contributed by atoms with Gasteiger partial charge in [0.25, 0.3) is 11.8 Å². The van der Waals surface area contributed by atoms with Gasteiger partial charge in [0.15, 0.2) is 0 Å². The van der Waals surface area contributed by atoms with Gasteiger partial charge in [0.05, 0.1) is 34.6 Å². The van der Waals surface area contributed by atoms with E-state index >= 15 is 0 Å². The molecule has 332 valence electrons. The summed E-state index contributed by atoms with van der Waals surface area (Å²) in [4.78, 5) is 69.8. The number of amides is 5. The highest BCUT2D eigenvalue weighted by Gasteiger charge is 2.45. The largest absolute Gasteiger partial charge is 0.393 e. The van der Waals surface area contributed by atoms with Gasteiger partial charge in [-0.2, -0.15) is 0 Å². The highest BCUT2D eigenvalue weighted by Crippen LogP contribution is 2.40. The van der Waals surface area contributed by atoms with E-state index in [1.165, 1.54) is 0 Å². The highest BCUT2D eigenvalue weighted by molar-refractivity contribution is 6.25. The zero-order valence-corrected chi connectivity index (χ0v) is 36.1. The summed E-state index contributed by atoms with van der Waals surface area (Å²) in [5, 5.41) is 29.3. The molecule has 4 aromatic carbocycles. The van der Waals surface area contributed by atoms with Crippen LogP contribution in [-0.4, -0.2) is 72.4 Å². The predicted molar refractivity (Wildman–Crippen MR) is 245 cm³/mol. The summed E-state index contributed by atoms with van der Waals surface area (Å²) in [5.41, 5.74) is 8.05. The van der Waals surface area contributed by atoms with Crippen molar-refractivity contribution >= 4 is 46.3 Å². The van der Waals surface area contributed by atoms with Crippen molar-refractivity contribution in [3.8, 4) is 22.4 Å². The Bertz CT molecular complexity index is 2850. The van der Waals surface area contributed by atoms with Crippen LogP contribution in [0.3, 0.4) is 0 Å². The van der Waals surface area contributed by atoms with Gasteiger partial charge in [-0.25, -0.2) is 4.98 Å². The maximum Gasteiger partial charge on any atom is 0.264 e. The molecule has 0 bridgehead atoms. The fourth-order valence-electron chi connectivity index (χ4n) is 9.60. The van der Waals surface area contributed by atoms with Gasteiger partial charge in [0, 0.05) is 49.8 Å². The first-order chi connectivity index (χ1) is 31.7. The van der Waals surface area contributed by atoms with Crippen LogP contribution in [0.1, 0.15) is 102 Å². The summed E-state index contributed by atoms with van der Waals surface area (Å²) in [7, 11) is 0. The van der Waals surface area contributed by atoms with Crippen molar-refractivity contribution in [3.63, 3.8) is 0 Å². The molecule has 5 amide bonds. The van der Waals surface area contributed by atoms with Crippen LogP contribution < -0.4 is 21.4 Å². The molecule has 4 heterocycles. The van der Waals surface area contributed by atoms with E-state index in [1.54, 1.807) is 24.5 Å². The van der Waals surface area contributed by atoms with Crippen LogP contribution in [-0.2, 0) is 27.5 Å². The Hall–Kier alpha value is -7.19. The normalized spacial score (nSPS) is 18.5. The molecule has 2 aromatic heterocycles. The Morgan fingerprint density at radius 1 is 0.785 bits per heavy atom. The van der Waals surface area contributed by atoms with Crippen LogP contribution in [0.2, 0.25) is 0 Å². The number of aliphatic hydroxyl groups excluding tert-OH is 1. The number of aliphatic hydroxyl groups is 1. The van der Waals surface area contributed by atoms with E-state index in [0.717, 1.165) is 75.1 Å². The molecule has 6 aromatic rings. The van der Waals surface area contributed by atoms with Crippen LogP contribution in [0.5, 0.6) is 0 Å². The number of hydrogen-bond acceptors (Lipinski definition) is 9. The molecule has 14 nitrogen and oxygen atoms in total. The van der Waals surface area contributed by atoms with Gasteiger partial charge in [-0.1, -0.05) is 97.4 Å². The zero-order chi connectivity index (χ0) is 45.0. The van der Waals surface area contributed by atoms with Gasteiger partial charge >= 0.3 is 0 Å². The van der Waals surface area contributed by atoms with Crippen LogP contribution in [0.4, 0.5) is 5.69 Å². The van der Waals surface area contributed by atoms with Gasteiger partial charge in [-0.05, 0) is 79.3 Å².